The summed E-state index contributed by atoms with van der Waals surface area (Å²) < 4.78 is 0. The lowest BCUT2D eigenvalue weighted by atomic mass is 10.1. The van der Waals surface area contributed by atoms with Crippen molar-refractivity contribution in [2.75, 3.05) is 13.1 Å². The second-order valence-electron chi connectivity index (χ2n) is 4.49. The van der Waals surface area contributed by atoms with Crippen LogP contribution in [0, 0.1) is 5.92 Å². The maximum Gasteiger partial charge on any atom is 0.308 e. The number of amides is 1. The molecule has 1 heterocycles. The molecule has 1 saturated heterocycles. The number of carbonyl (C=O) groups is 2. The largest absolute Gasteiger partial charge is 0.481 e. The zero-order chi connectivity index (χ0) is 12.0. The van der Waals surface area contributed by atoms with Crippen LogP contribution in [0.1, 0.15) is 45.4 Å². The predicted octanol–water partition coefficient (Wildman–Crippen LogP) is 1.89. The third kappa shape index (κ3) is 3.83. The molecule has 0 saturated carbocycles. The molecule has 4 heteroatoms. The van der Waals surface area contributed by atoms with Gasteiger partial charge in [0.05, 0.1) is 5.92 Å². The first-order valence-corrected chi connectivity index (χ1v) is 6.15. The second-order valence-corrected chi connectivity index (χ2v) is 4.49. The van der Waals surface area contributed by atoms with E-state index in [1.54, 1.807) is 4.90 Å². The Kier molecular flexibility index (Phi) is 5.29. The van der Waals surface area contributed by atoms with E-state index < -0.39 is 11.9 Å². The van der Waals surface area contributed by atoms with Gasteiger partial charge in [0, 0.05) is 19.5 Å². The molecule has 4 nitrogen and oxygen atoms in total. The lowest BCUT2D eigenvalue weighted by molar-refractivity contribution is -0.141. The molecule has 0 aromatic carbocycles. The van der Waals surface area contributed by atoms with E-state index in [2.05, 4.69) is 6.92 Å². The SMILES string of the molecule is CCCCCCCN1CC(C(=O)O)CC1=O. The van der Waals surface area contributed by atoms with Crippen molar-refractivity contribution >= 4 is 11.9 Å². The Hall–Kier alpha value is -1.06. The van der Waals surface area contributed by atoms with Gasteiger partial charge in [-0.2, -0.15) is 0 Å². The average molecular weight is 227 g/mol. The van der Waals surface area contributed by atoms with Crippen molar-refractivity contribution in [2.24, 2.45) is 5.92 Å². The number of hydrogen-bond acceptors (Lipinski definition) is 2. The van der Waals surface area contributed by atoms with E-state index >= 15 is 0 Å². The van der Waals surface area contributed by atoms with Crippen LogP contribution in [-0.2, 0) is 9.59 Å². The summed E-state index contributed by atoms with van der Waals surface area (Å²) in [6, 6.07) is 0. The van der Waals surface area contributed by atoms with Gasteiger partial charge < -0.3 is 10.0 Å². The molecule has 0 bridgehead atoms. The molecule has 1 N–H and O–H groups in total. The number of carboxylic acids is 1. The van der Waals surface area contributed by atoms with E-state index in [0.717, 1.165) is 19.4 Å². The van der Waals surface area contributed by atoms with Crippen LogP contribution in [0.3, 0.4) is 0 Å². The van der Waals surface area contributed by atoms with Gasteiger partial charge in [-0.25, -0.2) is 0 Å². The lowest BCUT2D eigenvalue weighted by Crippen LogP contribution is -2.27. The van der Waals surface area contributed by atoms with Crippen LogP contribution >= 0.6 is 0 Å². The maximum atomic E-state index is 11.5. The topological polar surface area (TPSA) is 57.6 Å². The Bertz CT molecular complexity index is 253. The van der Waals surface area contributed by atoms with E-state index in [-0.39, 0.29) is 12.3 Å². The molecule has 1 fully saturated rings. The van der Waals surface area contributed by atoms with Gasteiger partial charge in [0.1, 0.15) is 0 Å². The summed E-state index contributed by atoms with van der Waals surface area (Å²) in [6.07, 6.45) is 5.98. The van der Waals surface area contributed by atoms with Crippen molar-refractivity contribution in [1.82, 2.24) is 4.90 Å². The van der Waals surface area contributed by atoms with Crippen LogP contribution in [0.25, 0.3) is 0 Å². The Morgan fingerprint density at radius 1 is 1.38 bits per heavy atom. The second kappa shape index (κ2) is 6.51. The molecule has 1 unspecified atom stereocenters. The van der Waals surface area contributed by atoms with Crippen molar-refractivity contribution in [3.05, 3.63) is 0 Å². The third-order valence-corrected chi connectivity index (χ3v) is 3.10. The summed E-state index contributed by atoms with van der Waals surface area (Å²) in [5, 5.41) is 8.81. The molecule has 0 aromatic heterocycles. The third-order valence-electron chi connectivity index (χ3n) is 3.10. The van der Waals surface area contributed by atoms with Crippen LogP contribution in [0.5, 0.6) is 0 Å². The minimum Gasteiger partial charge on any atom is -0.481 e. The van der Waals surface area contributed by atoms with E-state index in [1.807, 2.05) is 0 Å². The number of rotatable bonds is 7. The van der Waals surface area contributed by atoms with Gasteiger partial charge >= 0.3 is 5.97 Å². The van der Waals surface area contributed by atoms with E-state index in [0.29, 0.717) is 6.54 Å². The fourth-order valence-corrected chi connectivity index (χ4v) is 2.06. The maximum absolute atomic E-state index is 11.5. The molecule has 1 aliphatic heterocycles. The van der Waals surface area contributed by atoms with Crippen molar-refractivity contribution in [1.29, 1.82) is 0 Å². The van der Waals surface area contributed by atoms with Crippen LogP contribution in [0.15, 0.2) is 0 Å². The standard InChI is InChI=1S/C12H21NO3/c1-2-3-4-5-6-7-13-9-10(12(15)16)8-11(13)14/h10H,2-9H2,1H3,(H,15,16). The first-order chi connectivity index (χ1) is 7.65. The van der Waals surface area contributed by atoms with Crippen LogP contribution in [-0.4, -0.2) is 35.0 Å². The van der Waals surface area contributed by atoms with Gasteiger partial charge in [0.2, 0.25) is 5.91 Å². The van der Waals surface area contributed by atoms with Crippen molar-refractivity contribution in [3.63, 3.8) is 0 Å². The van der Waals surface area contributed by atoms with Gasteiger partial charge in [0.15, 0.2) is 0 Å². The molecular weight excluding hydrogens is 206 g/mol. The Morgan fingerprint density at radius 3 is 2.62 bits per heavy atom. The fourth-order valence-electron chi connectivity index (χ4n) is 2.06. The van der Waals surface area contributed by atoms with Gasteiger partial charge in [-0.3, -0.25) is 9.59 Å². The van der Waals surface area contributed by atoms with Crippen molar-refractivity contribution in [2.45, 2.75) is 45.4 Å². The zero-order valence-corrected chi connectivity index (χ0v) is 9.95. The summed E-state index contributed by atoms with van der Waals surface area (Å²) in [6.45, 7) is 3.30. The summed E-state index contributed by atoms with van der Waals surface area (Å²) in [5.41, 5.74) is 0. The summed E-state index contributed by atoms with van der Waals surface area (Å²) in [5.74, 6) is -1.33. The van der Waals surface area contributed by atoms with Crippen LogP contribution in [0.4, 0.5) is 0 Å². The number of nitrogens with zero attached hydrogens (tertiary/aromatic N) is 1. The highest BCUT2D eigenvalue weighted by Gasteiger charge is 2.33. The summed E-state index contributed by atoms with van der Waals surface area (Å²) in [7, 11) is 0. The molecule has 16 heavy (non-hydrogen) atoms. The van der Waals surface area contributed by atoms with Gasteiger partial charge in [0.25, 0.3) is 0 Å². The van der Waals surface area contributed by atoms with E-state index in [4.69, 9.17) is 5.11 Å². The molecular formula is C12H21NO3. The van der Waals surface area contributed by atoms with Crippen LogP contribution in [0.2, 0.25) is 0 Å². The molecule has 0 aromatic rings. The predicted molar refractivity (Wildman–Crippen MR) is 61.1 cm³/mol. The quantitative estimate of drug-likeness (QED) is 0.676. The first kappa shape index (κ1) is 13.0. The highest BCUT2D eigenvalue weighted by atomic mass is 16.4. The first-order valence-electron chi connectivity index (χ1n) is 6.15. The highest BCUT2D eigenvalue weighted by Crippen LogP contribution is 2.18. The number of carboxylic acid groups (broad SMARTS) is 1. The molecule has 0 spiro atoms. The van der Waals surface area contributed by atoms with Gasteiger partial charge in [-0.15, -0.1) is 0 Å². The molecule has 0 radical (unpaired) electrons. The number of unbranched alkanes of at least 4 members (excludes halogenated alkanes) is 4. The monoisotopic (exact) mass is 227 g/mol. The molecule has 1 atom stereocenters. The normalized spacial score (nSPS) is 20.4. The highest BCUT2D eigenvalue weighted by molar-refractivity contribution is 5.86. The molecule has 92 valence electrons. The molecule has 0 aliphatic carbocycles. The van der Waals surface area contributed by atoms with E-state index in [9.17, 15) is 9.59 Å². The summed E-state index contributed by atoms with van der Waals surface area (Å²) in [4.78, 5) is 23.9. The van der Waals surface area contributed by atoms with E-state index in [1.165, 1.54) is 19.3 Å². The molecule has 1 amide bonds. The Labute approximate surface area is 96.6 Å². The van der Waals surface area contributed by atoms with Crippen molar-refractivity contribution < 1.29 is 14.7 Å². The fraction of sp³-hybridized carbons (Fsp3) is 0.833. The minimum absolute atomic E-state index is 0.00268. The Morgan fingerprint density at radius 2 is 2.06 bits per heavy atom. The summed E-state index contributed by atoms with van der Waals surface area (Å²) >= 11 is 0. The molecule has 1 aliphatic rings. The van der Waals surface area contributed by atoms with Gasteiger partial charge in [-0.05, 0) is 6.42 Å². The van der Waals surface area contributed by atoms with Gasteiger partial charge in [-0.1, -0.05) is 32.6 Å². The van der Waals surface area contributed by atoms with Crippen LogP contribution < -0.4 is 0 Å². The molecule has 1 rings (SSSR count). The Balaban J connectivity index is 2.18. The minimum atomic E-state index is -0.846. The zero-order valence-electron chi connectivity index (χ0n) is 9.95. The number of likely N-dealkylation sites (tertiary alicyclic amines) is 1. The lowest BCUT2D eigenvalue weighted by Gasteiger charge is -2.15. The number of hydrogen-bond donors (Lipinski definition) is 1. The van der Waals surface area contributed by atoms with Crippen molar-refractivity contribution in [3.8, 4) is 0 Å². The smallest absolute Gasteiger partial charge is 0.308 e. The average Bonchev–Trinajstić information content (AvgIpc) is 2.60. The number of carbonyl (C=O) groups excluding carboxylic acids is 1. The number of aliphatic carboxylic acids is 1.